The molecule has 0 aliphatic heterocycles. The molecule has 1 nitrogen and oxygen atoms in total. The van der Waals surface area contributed by atoms with Gasteiger partial charge in [-0.2, -0.15) is 0 Å². The van der Waals surface area contributed by atoms with Crippen molar-refractivity contribution in [2.24, 2.45) is 0 Å². The zero-order valence-corrected chi connectivity index (χ0v) is 14.5. The van der Waals surface area contributed by atoms with Gasteiger partial charge in [-0.15, -0.1) is 0 Å². The van der Waals surface area contributed by atoms with Crippen LogP contribution < -0.4 is 4.74 Å². The molecule has 1 atom stereocenters. The molecule has 0 aliphatic rings. The fourth-order valence-corrected chi connectivity index (χ4v) is 3.62. The third-order valence-corrected chi connectivity index (χ3v) is 4.63. The molecular weight excluding hydrogens is 391 g/mol. The highest BCUT2D eigenvalue weighted by atomic mass is 79.9. The predicted molar refractivity (Wildman–Crippen MR) is 87.7 cm³/mol. The van der Waals surface area contributed by atoms with Crippen molar-refractivity contribution in [3.05, 3.63) is 62.6 Å². The summed E-state index contributed by atoms with van der Waals surface area (Å²) in [4.78, 5) is 0.105. The molecule has 2 rings (SSSR count). The number of ether oxygens (including phenoxy) is 1. The van der Waals surface area contributed by atoms with Crippen LogP contribution in [0.3, 0.4) is 0 Å². The molecule has 0 fully saturated rings. The normalized spacial score (nSPS) is 12.3. The van der Waals surface area contributed by atoms with E-state index in [1.54, 1.807) is 7.11 Å². The van der Waals surface area contributed by atoms with Gasteiger partial charge in [0.2, 0.25) is 0 Å². The number of benzene rings is 2. The summed E-state index contributed by atoms with van der Waals surface area (Å²) in [6.07, 6.45) is 0. The van der Waals surface area contributed by atoms with E-state index in [9.17, 15) is 0 Å². The van der Waals surface area contributed by atoms with Crippen LogP contribution in [0.25, 0.3) is 0 Å². The largest absolute Gasteiger partial charge is 0.497 e. The van der Waals surface area contributed by atoms with Crippen LogP contribution >= 0.6 is 43.5 Å². The van der Waals surface area contributed by atoms with E-state index >= 15 is 0 Å². The Labute approximate surface area is 135 Å². The summed E-state index contributed by atoms with van der Waals surface area (Å²) < 4.78 is 6.21. The topological polar surface area (TPSA) is 9.23 Å². The first-order valence-corrected chi connectivity index (χ1v) is 7.84. The Morgan fingerprint density at radius 2 is 1.89 bits per heavy atom. The van der Waals surface area contributed by atoms with Gasteiger partial charge in [-0.25, -0.2) is 0 Å². The van der Waals surface area contributed by atoms with E-state index in [0.29, 0.717) is 0 Å². The van der Waals surface area contributed by atoms with Crippen LogP contribution in [0.1, 0.15) is 21.5 Å². The minimum Gasteiger partial charge on any atom is -0.497 e. The number of rotatable bonds is 3. The highest BCUT2D eigenvalue weighted by molar-refractivity contribution is 9.10. The first kappa shape index (κ1) is 14.9. The van der Waals surface area contributed by atoms with Gasteiger partial charge in [0.05, 0.1) is 11.9 Å². The van der Waals surface area contributed by atoms with Gasteiger partial charge < -0.3 is 4.74 Å². The van der Waals surface area contributed by atoms with Crippen molar-refractivity contribution >= 4 is 43.5 Å². The lowest BCUT2D eigenvalue weighted by Gasteiger charge is -2.15. The predicted octanol–water partition coefficient (Wildman–Crippen LogP) is 5.90. The number of hydrogen-bond acceptors (Lipinski definition) is 1. The summed E-state index contributed by atoms with van der Waals surface area (Å²) in [7, 11) is 1.67. The maximum atomic E-state index is 6.10. The molecule has 0 saturated heterocycles. The molecule has 0 bridgehead atoms. The number of hydrogen-bond donors (Lipinski definition) is 0. The fourth-order valence-electron chi connectivity index (χ4n) is 1.96. The van der Waals surface area contributed by atoms with Crippen LogP contribution in [0.5, 0.6) is 5.75 Å². The molecule has 2 aromatic rings. The zero-order chi connectivity index (χ0) is 14.0. The highest BCUT2D eigenvalue weighted by Gasteiger charge is 2.14. The lowest BCUT2D eigenvalue weighted by Crippen LogP contribution is -1.97. The molecule has 1 unspecified atom stereocenters. The summed E-state index contributed by atoms with van der Waals surface area (Å²) >= 11 is 13.3. The van der Waals surface area contributed by atoms with E-state index in [2.05, 4.69) is 50.9 Å². The molecule has 100 valence electrons. The highest BCUT2D eigenvalue weighted by Crippen LogP contribution is 2.36. The lowest BCUT2D eigenvalue weighted by atomic mass is 10.0. The first-order valence-electron chi connectivity index (χ1n) is 5.76. The van der Waals surface area contributed by atoms with Crippen LogP contribution in [0.15, 0.2) is 40.9 Å². The Hall–Kier alpha value is -0.510. The maximum absolute atomic E-state index is 6.10. The van der Waals surface area contributed by atoms with E-state index in [1.807, 2.05) is 24.3 Å². The molecule has 0 amide bonds. The standard InChI is InChI=1S/C15H13Br2ClO/c1-9-5-13(19-2)3-4-14(9)15(17)10-6-11(16)8-12(18)7-10/h3-8,15H,1-2H3. The number of aryl methyl sites for hydroxylation is 1. The molecule has 0 spiro atoms. The Kier molecular flexibility index (Phi) is 4.93. The average molecular weight is 405 g/mol. The van der Waals surface area contributed by atoms with Crippen LogP contribution in [-0.2, 0) is 0 Å². The zero-order valence-electron chi connectivity index (χ0n) is 10.6. The van der Waals surface area contributed by atoms with Gasteiger partial charge in [-0.3, -0.25) is 0 Å². The van der Waals surface area contributed by atoms with Crippen LogP contribution in [0, 0.1) is 6.92 Å². The Balaban J connectivity index is 2.40. The van der Waals surface area contributed by atoms with Crippen LogP contribution in [0.2, 0.25) is 5.02 Å². The quantitative estimate of drug-likeness (QED) is 0.579. The van der Waals surface area contributed by atoms with Crippen molar-refractivity contribution in [1.29, 1.82) is 0 Å². The monoisotopic (exact) mass is 402 g/mol. The van der Waals surface area contributed by atoms with E-state index in [4.69, 9.17) is 16.3 Å². The first-order chi connectivity index (χ1) is 9.01. The van der Waals surface area contributed by atoms with Gasteiger partial charge in [0.1, 0.15) is 5.75 Å². The van der Waals surface area contributed by atoms with E-state index < -0.39 is 0 Å². The second-order valence-corrected chi connectivity index (χ2v) is 6.56. The summed E-state index contributed by atoms with van der Waals surface area (Å²) in [5.41, 5.74) is 3.50. The van der Waals surface area contributed by atoms with Crippen molar-refractivity contribution in [2.45, 2.75) is 11.8 Å². The molecule has 0 aromatic heterocycles. The van der Waals surface area contributed by atoms with Gasteiger partial charge in [0, 0.05) is 9.50 Å². The summed E-state index contributed by atoms with van der Waals surface area (Å²) in [6, 6.07) is 12.0. The number of alkyl halides is 1. The van der Waals surface area contributed by atoms with E-state index in [0.717, 1.165) is 20.8 Å². The second-order valence-electron chi connectivity index (χ2n) is 4.29. The molecule has 19 heavy (non-hydrogen) atoms. The SMILES string of the molecule is COc1ccc(C(Br)c2cc(Cl)cc(Br)c2)c(C)c1. The Bertz CT molecular complexity index is 578. The second kappa shape index (κ2) is 6.29. The lowest BCUT2D eigenvalue weighted by molar-refractivity contribution is 0.414. The van der Waals surface area contributed by atoms with Crippen LogP contribution in [0.4, 0.5) is 0 Å². The molecule has 4 heteroatoms. The van der Waals surface area contributed by atoms with Crippen molar-refractivity contribution in [3.63, 3.8) is 0 Å². The molecular formula is C15H13Br2ClO. The van der Waals surface area contributed by atoms with Crippen molar-refractivity contribution in [1.82, 2.24) is 0 Å². The summed E-state index contributed by atoms with van der Waals surface area (Å²) in [5.74, 6) is 0.869. The van der Waals surface area contributed by atoms with Gasteiger partial charge in [0.15, 0.2) is 0 Å². The van der Waals surface area contributed by atoms with Crippen molar-refractivity contribution < 1.29 is 4.74 Å². The molecule has 0 radical (unpaired) electrons. The number of methoxy groups -OCH3 is 1. The summed E-state index contributed by atoms with van der Waals surface area (Å²) in [6.45, 7) is 2.08. The molecule has 2 aromatic carbocycles. The van der Waals surface area contributed by atoms with Crippen molar-refractivity contribution in [3.8, 4) is 5.75 Å². The average Bonchev–Trinajstić information content (AvgIpc) is 2.36. The van der Waals surface area contributed by atoms with Gasteiger partial charge >= 0.3 is 0 Å². The molecule has 0 saturated carbocycles. The smallest absolute Gasteiger partial charge is 0.119 e. The fraction of sp³-hybridized carbons (Fsp3) is 0.200. The molecule has 0 aliphatic carbocycles. The maximum Gasteiger partial charge on any atom is 0.119 e. The van der Waals surface area contributed by atoms with Crippen LogP contribution in [-0.4, -0.2) is 7.11 Å². The molecule has 0 heterocycles. The van der Waals surface area contributed by atoms with Crippen molar-refractivity contribution in [2.75, 3.05) is 7.11 Å². The van der Waals surface area contributed by atoms with Gasteiger partial charge in [0.25, 0.3) is 0 Å². The Morgan fingerprint density at radius 3 is 2.47 bits per heavy atom. The number of halogens is 3. The summed E-state index contributed by atoms with van der Waals surface area (Å²) in [5, 5.41) is 0.722. The molecule has 0 N–H and O–H groups in total. The Morgan fingerprint density at radius 1 is 1.16 bits per heavy atom. The third-order valence-electron chi connectivity index (χ3n) is 2.93. The van der Waals surface area contributed by atoms with E-state index in [1.165, 1.54) is 11.1 Å². The van der Waals surface area contributed by atoms with Gasteiger partial charge in [-0.1, -0.05) is 49.5 Å². The minimum absolute atomic E-state index is 0.105. The van der Waals surface area contributed by atoms with Gasteiger partial charge in [-0.05, 0) is 53.9 Å². The third kappa shape index (κ3) is 3.53. The minimum atomic E-state index is 0.105. The van der Waals surface area contributed by atoms with E-state index in [-0.39, 0.29) is 4.83 Å².